The average Bonchev–Trinajstić information content (AvgIpc) is 3.03. The smallest absolute Gasteiger partial charge is 0.333 e. The number of fused-ring (bicyclic) bond motifs is 1. The van der Waals surface area contributed by atoms with Crippen LogP contribution < -0.4 is 4.57 Å². The van der Waals surface area contributed by atoms with Crippen molar-refractivity contribution in [2.45, 2.75) is 26.3 Å². The molecule has 5 heteroatoms. The number of carbonyl (C=O) groups is 1. The molecule has 0 aliphatic carbocycles. The predicted octanol–water partition coefficient (Wildman–Crippen LogP) is 4.64. The molecule has 0 spiro atoms. The van der Waals surface area contributed by atoms with E-state index >= 15 is 0 Å². The number of ether oxygens (including phenoxy) is 1. The summed E-state index contributed by atoms with van der Waals surface area (Å²) >= 11 is 1.78. The van der Waals surface area contributed by atoms with Gasteiger partial charge in [-0.05, 0) is 25.1 Å². The molecule has 0 aliphatic rings. The van der Waals surface area contributed by atoms with Gasteiger partial charge in [0.25, 0.3) is 0 Å². The summed E-state index contributed by atoms with van der Waals surface area (Å²) in [6.07, 6.45) is 3.48. The first-order valence-corrected chi connectivity index (χ1v) is 9.77. The van der Waals surface area contributed by atoms with Gasteiger partial charge in [0.1, 0.15) is 4.70 Å². The molecular formula is C22H23N2O2S+. The van der Waals surface area contributed by atoms with Crippen LogP contribution in [0.25, 0.3) is 10.2 Å². The highest BCUT2D eigenvalue weighted by Gasteiger charge is 2.19. The van der Waals surface area contributed by atoms with E-state index in [1.165, 1.54) is 15.2 Å². The molecule has 0 bridgehead atoms. The lowest BCUT2D eigenvalue weighted by Crippen LogP contribution is -2.37. The highest BCUT2D eigenvalue weighted by molar-refractivity contribution is 7.18. The minimum Gasteiger partial charge on any atom is -0.462 e. The Hall–Kier alpha value is -2.79. The number of nitrogens with zero attached hydrogens (tertiary/aromatic N) is 2. The SMILES string of the molecule is C=C(C)C(=O)OCCC[n+]1c(CC=Nc2ccccc2)sc2ccccc21. The first kappa shape index (κ1) is 19.0. The highest BCUT2D eigenvalue weighted by Crippen LogP contribution is 2.20. The fourth-order valence-electron chi connectivity index (χ4n) is 2.73. The maximum absolute atomic E-state index is 11.5. The molecule has 0 unspecified atom stereocenters. The number of carbonyl (C=O) groups excluding carboxylic acids is 1. The topological polar surface area (TPSA) is 42.5 Å². The summed E-state index contributed by atoms with van der Waals surface area (Å²) in [5.74, 6) is -0.328. The third-order valence-corrected chi connectivity index (χ3v) is 5.24. The van der Waals surface area contributed by atoms with E-state index in [1.54, 1.807) is 18.3 Å². The van der Waals surface area contributed by atoms with Gasteiger partial charge in [0.15, 0.2) is 6.54 Å². The van der Waals surface area contributed by atoms with Crippen LogP contribution in [0.1, 0.15) is 18.4 Å². The van der Waals surface area contributed by atoms with Crippen molar-refractivity contribution >= 4 is 39.4 Å². The predicted molar refractivity (Wildman–Crippen MR) is 111 cm³/mol. The summed E-state index contributed by atoms with van der Waals surface area (Å²) in [6, 6.07) is 18.3. The maximum atomic E-state index is 11.5. The van der Waals surface area contributed by atoms with Crippen molar-refractivity contribution in [3.8, 4) is 0 Å². The summed E-state index contributed by atoms with van der Waals surface area (Å²) in [7, 11) is 0. The maximum Gasteiger partial charge on any atom is 0.333 e. The quantitative estimate of drug-likeness (QED) is 0.188. The number of aromatic nitrogens is 1. The minimum absolute atomic E-state index is 0.328. The number of para-hydroxylation sites is 2. The van der Waals surface area contributed by atoms with Crippen molar-refractivity contribution in [2.24, 2.45) is 4.99 Å². The Labute approximate surface area is 163 Å². The summed E-state index contributed by atoms with van der Waals surface area (Å²) in [5, 5.41) is 1.24. The van der Waals surface area contributed by atoms with Crippen LogP contribution >= 0.6 is 11.3 Å². The molecule has 3 rings (SSSR count). The minimum atomic E-state index is -0.328. The third-order valence-electron chi connectivity index (χ3n) is 4.06. The van der Waals surface area contributed by atoms with Gasteiger partial charge in [-0.2, -0.15) is 4.57 Å². The zero-order valence-electron chi connectivity index (χ0n) is 15.4. The number of aryl methyl sites for hydroxylation is 1. The van der Waals surface area contributed by atoms with E-state index in [2.05, 4.69) is 40.4 Å². The number of benzene rings is 2. The van der Waals surface area contributed by atoms with Crippen molar-refractivity contribution in [1.29, 1.82) is 0 Å². The van der Waals surface area contributed by atoms with Gasteiger partial charge in [-0.1, -0.05) is 48.2 Å². The molecule has 0 amide bonds. The molecule has 1 heterocycles. The van der Waals surface area contributed by atoms with Gasteiger partial charge in [-0.3, -0.25) is 4.99 Å². The van der Waals surface area contributed by atoms with Gasteiger partial charge in [-0.15, -0.1) is 0 Å². The summed E-state index contributed by atoms with van der Waals surface area (Å²) in [4.78, 5) is 16.1. The van der Waals surface area contributed by atoms with Crippen LogP contribution in [-0.2, 0) is 22.5 Å². The second-order valence-electron chi connectivity index (χ2n) is 6.24. The number of aliphatic imine (C=N–C) groups is 1. The van der Waals surface area contributed by atoms with Crippen LogP contribution in [-0.4, -0.2) is 18.8 Å². The molecule has 0 radical (unpaired) electrons. The number of hydrogen-bond acceptors (Lipinski definition) is 4. The molecule has 27 heavy (non-hydrogen) atoms. The molecule has 2 aromatic carbocycles. The lowest BCUT2D eigenvalue weighted by molar-refractivity contribution is -0.674. The Balaban J connectivity index is 1.70. The number of rotatable bonds is 8. The van der Waals surface area contributed by atoms with Gasteiger partial charge >= 0.3 is 5.97 Å². The first-order chi connectivity index (χ1) is 13.1. The zero-order chi connectivity index (χ0) is 19.1. The summed E-state index contributed by atoms with van der Waals surface area (Å²) < 4.78 is 8.76. The van der Waals surface area contributed by atoms with Crippen molar-refractivity contribution in [3.63, 3.8) is 0 Å². The lowest BCUT2D eigenvalue weighted by Gasteiger charge is -2.03. The van der Waals surface area contributed by atoms with Crippen LogP contribution in [0.15, 0.2) is 71.7 Å². The van der Waals surface area contributed by atoms with Crippen LogP contribution in [0, 0.1) is 0 Å². The molecule has 0 saturated heterocycles. The molecule has 0 fully saturated rings. The van der Waals surface area contributed by atoms with E-state index in [-0.39, 0.29) is 5.97 Å². The highest BCUT2D eigenvalue weighted by atomic mass is 32.1. The Morgan fingerprint density at radius 2 is 1.93 bits per heavy atom. The van der Waals surface area contributed by atoms with Gasteiger partial charge in [0.2, 0.25) is 10.5 Å². The Kier molecular flexibility index (Phi) is 6.49. The second kappa shape index (κ2) is 9.24. The van der Waals surface area contributed by atoms with E-state index < -0.39 is 0 Å². The Bertz CT molecular complexity index is 961. The van der Waals surface area contributed by atoms with Crippen LogP contribution in [0.2, 0.25) is 0 Å². The molecule has 3 aromatic rings. The molecule has 1 aromatic heterocycles. The lowest BCUT2D eigenvalue weighted by atomic mass is 10.3. The van der Waals surface area contributed by atoms with Gasteiger partial charge < -0.3 is 4.74 Å². The number of esters is 1. The molecule has 0 aliphatic heterocycles. The first-order valence-electron chi connectivity index (χ1n) is 8.95. The zero-order valence-corrected chi connectivity index (χ0v) is 16.2. The third kappa shape index (κ3) is 5.11. The molecule has 0 saturated carbocycles. The largest absolute Gasteiger partial charge is 0.462 e. The monoisotopic (exact) mass is 379 g/mol. The fraction of sp³-hybridized carbons (Fsp3) is 0.227. The fourth-order valence-corrected chi connectivity index (χ4v) is 3.87. The molecule has 0 atom stereocenters. The van der Waals surface area contributed by atoms with Crippen molar-refractivity contribution in [3.05, 3.63) is 71.8 Å². The van der Waals surface area contributed by atoms with Crippen LogP contribution in [0.3, 0.4) is 0 Å². The summed E-state index contributed by atoms with van der Waals surface area (Å²) in [5.41, 5.74) is 2.59. The Morgan fingerprint density at radius 1 is 1.19 bits per heavy atom. The second-order valence-corrected chi connectivity index (χ2v) is 7.35. The van der Waals surface area contributed by atoms with E-state index in [0.717, 1.165) is 25.1 Å². The van der Waals surface area contributed by atoms with E-state index in [9.17, 15) is 4.79 Å². The van der Waals surface area contributed by atoms with Crippen molar-refractivity contribution < 1.29 is 14.1 Å². The molecule has 4 nitrogen and oxygen atoms in total. The van der Waals surface area contributed by atoms with Gasteiger partial charge in [0.05, 0.1) is 18.7 Å². The number of hydrogen-bond donors (Lipinski definition) is 0. The van der Waals surface area contributed by atoms with Crippen LogP contribution in [0.4, 0.5) is 5.69 Å². The van der Waals surface area contributed by atoms with Crippen molar-refractivity contribution in [2.75, 3.05) is 6.61 Å². The van der Waals surface area contributed by atoms with Gasteiger partial charge in [-0.25, -0.2) is 4.79 Å². The Morgan fingerprint density at radius 3 is 2.70 bits per heavy atom. The van der Waals surface area contributed by atoms with Gasteiger partial charge in [0, 0.05) is 24.3 Å². The number of thiazole rings is 1. The van der Waals surface area contributed by atoms with E-state index in [0.29, 0.717) is 12.2 Å². The summed E-state index contributed by atoms with van der Waals surface area (Å²) in [6.45, 7) is 6.45. The van der Waals surface area contributed by atoms with E-state index in [1.807, 2.05) is 36.5 Å². The molecule has 0 N–H and O–H groups in total. The van der Waals surface area contributed by atoms with Crippen LogP contribution in [0.5, 0.6) is 0 Å². The average molecular weight is 380 g/mol. The molecular weight excluding hydrogens is 356 g/mol. The standard InChI is InChI=1S/C22H23N2O2S/c1-17(2)22(25)26-16-8-15-24-19-11-6-7-12-20(19)27-21(24)13-14-23-18-9-4-3-5-10-18/h3-7,9-12,14H,1,8,13,15-16H2,2H3/q+1. The normalized spacial score (nSPS) is 11.1. The van der Waals surface area contributed by atoms with E-state index in [4.69, 9.17) is 4.74 Å². The van der Waals surface area contributed by atoms with Crippen molar-refractivity contribution in [1.82, 2.24) is 0 Å². The molecule has 138 valence electrons.